The van der Waals surface area contributed by atoms with Crippen molar-refractivity contribution < 1.29 is 18.3 Å². The molecule has 0 radical (unpaired) electrons. The minimum absolute atomic E-state index is 0.00681. The lowest BCUT2D eigenvalue weighted by atomic mass is 10.1. The average molecular weight is 377 g/mol. The first kappa shape index (κ1) is 17.8. The molecule has 8 heteroatoms. The molecule has 1 heterocycles. The molecule has 3 rings (SSSR count). The van der Waals surface area contributed by atoms with Crippen molar-refractivity contribution in [2.75, 3.05) is 12.0 Å². The molecule has 0 spiro atoms. The molecular weight excluding hydrogens is 363 g/mol. The number of benzene rings is 2. The number of ether oxygens (including phenoxy) is 1. The van der Waals surface area contributed by atoms with Crippen LogP contribution in [0.4, 0.5) is 10.1 Å². The van der Waals surface area contributed by atoms with Gasteiger partial charge in [-0.25, -0.2) is 9.18 Å². The highest BCUT2D eigenvalue weighted by Gasteiger charge is 2.07. The number of aryl methyl sites for hydroxylation is 1. The van der Waals surface area contributed by atoms with E-state index in [1.165, 1.54) is 18.2 Å². The Kier molecular flexibility index (Phi) is 5.09. The van der Waals surface area contributed by atoms with Gasteiger partial charge in [-0.2, -0.15) is 0 Å². The number of halogens is 2. The fraction of sp³-hybridized carbons (Fsp3) is 0.111. The third-order valence-electron chi connectivity index (χ3n) is 3.56. The van der Waals surface area contributed by atoms with Crippen LogP contribution in [0.3, 0.4) is 0 Å². The summed E-state index contributed by atoms with van der Waals surface area (Å²) in [6, 6.07) is 10.3. The van der Waals surface area contributed by atoms with Gasteiger partial charge in [0.05, 0.1) is 10.7 Å². The molecule has 0 saturated heterocycles. The molecule has 0 fully saturated rings. The first-order chi connectivity index (χ1) is 12.4. The van der Waals surface area contributed by atoms with Gasteiger partial charge in [-0.15, -0.1) is 0 Å². The van der Waals surface area contributed by atoms with Gasteiger partial charge in [-0.05, 0) is 42.8 Å². The summed E-state index contributed by atoms with van der Waals surface area (Å²) in [6.45, 7) is 1.52. The molecular formula is C18H14ClFN2O4. The smallest absolute Gasteiger partial charge is 0.336 e. The number of carbonyl (C=O) groups excluding carboxylic acids is 1. The monoisotopic (exact) mass is 376 g/mol. The minimum atomic E-state index is -0.597. The molecule has 26 heavy (non-hydrogen) atoms. The molecule has 134 valence electrons. The number of amides is 1. The zero-order chi connectivity index (χ0) is 18.7. The van der Waals surface area contributed by atoms with Crippen LogP contribution >= 0.6 is 11.6 Å². The number of hydrazine groups is 1. The number of carbonyl (C=O) groups is 1. The Balaban J connectivity index is 1.59. The van der Waals surface area contributed by atoms with Crippen LogP contribution < -0.4 is 21.2 Å². The Morgan fingerprint density at radius 2 is 2.04 bits per heavy atom. The molecule has 0 aliphatic heterocycles. The van der Waals surface area contributed by atoms with Crippen molar-refractivity contribution in [3.63, 3.8) is 0 Å². The molecule has 0 atom stereocenters. The Labute approximate surface area is 152 Å². The maximum Gasteiger partial charge on any atom is 0.336 e. The SMILES string of the molecule is Cc1cc(=O)oc2ccc(OCC(=O)NNc3ccc(Cl)c(F)c3)cc12. The van der Waals surface area contributed by atoms with Gasteiger partial charge in [-0.3, -0.25) is 15.6 Å². The van der Waals surface area contributed by atoms with Gasteiger partial charge in [0.2, 0.25) is 0 Å². The standard InChI is InChI=1S/C18H14ClFN2O4/c1-10-6-18(24)26-16-5-3-12(8-13(10)16)25-9-17(23)22-21-11-2-4-14(19)15(20)7-11/h2-8,21H,9H2,1H3,(H,22,23). The molecule has 1 amide bonds. The highest BCUT2D eigenvalue weighted by molar-refractivity contribution is 6.30. The van der Waals surface area contributed by atoms with Crippen LogP contribution in [0.5, 0.6) is 5.75 Å². The summed E-state index contributed by atoms with van der Waals surface area (Å²) in [5.74, 6) is -0.612. The zero-order valence-corrected chi connectivity index (χ0v) is 14.4. The van der Waals surface area contributed by atoms with E-state index < -0.39 is 17.3 Å². The Bertz CT molecular complexity index is 1040. The van der Waals surface area contributed by atoms with Crippen molar-refractivity contribution in [3.05, 3.63) is 69.3 Å². The van der Waals surface area contributed by atoms with Crippen LogP contribution in [0.2, 0.25) is 5.02 Å². The maximum absolute atomic E-state index is 13.3. The molecule has 2 aromatic carbocycles. The summed E-state index contributed by atoms with van der Waals surface area (Å²) >= 11 is 5.59. The number of nitrogens with one attached hydrogen (secondary N) is 2. The molecule has 6 nitrogen and oxygen atoms in total. The summed E-state index contributed by atoms with van der Waals surface area (Å²) in [5, 5.41) is 0.713. The molecule has 2 N–H and O–H groups in total. The Morgan fingerprint density at radius 3 is 2.81 bits per heavy atom. The van der Waals surface area contributed by atoms with Gasteiger partial charge in [0.15, 0.2) is 6.61 Å². The van der Waals surface area contributed by atoms with E-state index in [0.717, 1.165) is 17.0 Å². The number of rotatable bonds is 5. The number of hydrogen-bond donors (Lipinski definition) is 2. The summed E-state index contributed by atoms with van der Waals surface area (Å²) in [7, 11) is 0. The van der Waals surface area contributed by atoms with Crippen molar-refractivity contribution in [1.82, 2.24) is 5.43 Å². The zero-order valence-electron chi connectivity index (χ0n) is 13.6. The van der Waals surface area contributed by atoms with Gasteiger partial charge in [0.25, 0.3) is 5.91 Å². The summed E-state index contributed by atoms with van der Waals surface area (Å²) in [5.41, 5.74) is 6.07. The van der Waals surface area contributed by atoms with Crippen LogP contribution in [-0.2, 0) is 4.79 Å². The molecule has 0 bridgehead atoms. The second-order valence-electron chi connectivity index (χ2n) is 5.50. The highest BCUT2D eigenvalue weighted by atomic mass is 35.5. The van der Waals surface area contributed by atoms with Crippen LogP contribution in [0.1, 0.15) is 5.56 Å². The molecule has 1 aromatic heterocycles. The van der Waals surface area contributed by atoms with Crippen molar-refractivity contribution >= 4 is 34.2 Å². The summed E-state index contributed by atoms with van der Waals surface area (Å²) < 4.78 is 23.8. The van der Waals surface area contributed by atoms with E-state index in [0.29, 0.717) is 17.0 Å². The fourth-order valence-corrected chi connectivity index (χ4v) is 2.41. The topological polar surface area (TPSA) is 80.6 Å². The number of anilines is 1. The van der Waals surface area contributed by atoms with Gasteiger partial charge >= 0.3 is 5.63 Å². The van der Waals surface area contributed by atoms with Crippen LogP contribution in [0.15, 0.2) is 51.7 Å². The molecule has 0 saturated carbocycles. The quantitative estimate of drug-likeness (QED) is 0.527. The first-order valence-corrected chi connectivity index (χ1v) is 7.97. The first-order valence-electron chi connectivity index (χ1n) is 7.59. The number of hydrogen-bond acceptors (Lipinski definition) is 5. The van der Waals surface area contributed by atoms with Crippen LogP contribution in [-0.4, -0.2) is 12.5 Å². The summed E-state index contributed by atoms with van der Waals surface area (Å²) in [6.07, 6.45) is 0. The largest absolute Gasteiger partial charge is 0.484 e. The van der Waals surface area contributed by atoms with Crippen LogP contribution in [0, 0.1) is 12.7 Å². The average Bonchev–Trinajstić information content (AvgIpc) is 2.61. The van der Waals surface area contributed by atoms with E-state index in [9.17, 15) is 14.0 Å². The second kappa shape index (κ2) is 7.45. The lowest BCUT2D eigenvalue weighted by Gasteiger charge is -2.10. The third kappa shape index (κ3) is 4.12. The van der Waals surface area contributed by atoms with E-state index in [2.05, 4.69) is 10.9 Å². The predicted octanol–water partition coefficient (Wildman–Crippen LogP) is 3.42. The minimum Gasteiger partial charge on any atom is -0.484 e. The summed E-state index contributed by atoms with van der Waals surface area (Å²) in [4.78, 5) is 23.2. The van der Waals surface area contributed by atoms with Crippen molar-refractivity contribution in [1.29, 1.82) is 0 Å². The number of fused-ring (bicyclic) bond motifs is 1. The van der Waals surface area contributed by atoms with E-state index in [-0.39, 0.29) is 11.6 Å². The maximum atomic E-state index is 13.3. The fourth-order valence-electron chi connectivity index (χ4n) is 2.29. The normalized spacial score (nSPS) is 10.6. The van der Waals surface area contributed by atoms with Crippen LogP contribution in [0.25, 0.3) is 11.0 Å². The van der Waals surface area contributed by atoms with E-state index >= 15 is 0 Å². The van der Waals surface area contributed by atoms with E-state index in [1.807, 2.05) is 0 Å². The highest BCUT2D eigenvalue weighted by Crippen LogP contribution is 2.22. The third-order valence-corrected chi connectivity index (χ3v) is 3.86. The Morgan fingerprint density at radius 1 is 1.23 bits per heavy atom. The lowest BCUT2D eigenvalue weighted by molar-refractivity contribution is -0.122. The molecule has 0 aliphatic rings. The van der Waals surface area contributed by atoms with Gasteiger partial charge in [-0.1, -0.05) is 11.6 Å². The second-order valence-corrected chi connectivity index (χ2v) is 5.90. The molecule has 3 aromatic rings. The van der Waals surface area contributed by atoms with E-state index in [4.69, 9.17) is 20.8 Å². The predicted molar refractivity (Wildman–Crippen MR) is 95.9 cm³/mol. The van der Waals surface area contributed by atoms with Gasteiger partial charge in [0.1, 0.15) is 17.1 Å². The van der Waals surface area contributed by atoms with Gasteiger partial charge < -0.3 is 9.15 Å². The van der Waals surface area contributed by atoms with Gasteiger partial charge in [0, 0.05) is 17.5 Å². The molecule has 0 unspecified atom stereocenters. The van der Waals surface area contributed by atoms with E-state index in [1.54, 1.807) is 25.1 Å². The molecule has 0 aliphatic carbocycles. The van der Waals surface area contributed by atoms with Crippen molar-refractivity contribution in [3.8, 4) is 5.75 Å². The van der Waals surface area contributed by atoms with Crippen molar-refractivity contribution in [2.24, 2.45) is 0 Å². The lowest BCUT2D eigenvalue weighted by Crippen LogP contribution is -2.33. The Hall–Kier alpha value is -3.06. The van der Waals surface area contributed by atoms with Crippen molar-refractivity contribution in [2.45, 2.75) is 6.92 Å².